The molecule has 2 unspecified atom stereocenters. The summed E-state index contributed by atoms with van der Waals surface area (Å²) in [5.74, 6) is -0.278. The van der Waals surface area contributed by atoms with Crippen LogP contribution >= 0.6 is 0 Å². The van der Waals surface area contributed by atoms with Crippen LogP contribution in [0.5, 0.6) is 0 Å². The number of hydrogen-bond acceptors (Lipinski definition) is 3. The van der Waals surface area contributed by atoms with E-state index in [4.69, 9.17) is 9.47 Å². The second kappa shape index (κ2) is 3.92. The van der Waals surface area contributed by atoms with Gasteiger partial charge >= 0.3 is 5.97 Å². The number of carbonyl (C=O) groups is 1. The summed E-state index contributed by atoms with van der Waals surface area (Å²) >= 11 is 0. The maximum absolute atomic E-state index is 11.2. The molecule has 1 saturated heterocycles. The van der Waals surface area contributed by atoms with E-state index in [1.807, 2.05) is 13.8 Å². The third-order valence-corrected chi connectivity index (χ3v) is 2.52. The van der Waals surface area contributed by atoms with Crippen molar-refractivity contribution in [3.63, 3.8) is 0 Å². The molecule has 0 amide bonds. The Balaban J connectivity index is 2.54. The van der Waals surface area contributed by atoms with E-state index in [0.29, 0.717) is 6.61 Å². The Hall–Kier alpha value is -0.830. The highest BCUT2D eigenvalue weighted by atomic mass is 16.6. The minimum Gasteiger partial charge on any atom is -0.451 e. The van der Waals surface area contributed by atoms with Crippen molar-refractivity contribution in [2.24, 2.45) is 0 Å². The van der Waals surface area contributed by atoms with E-state index in [0.717, 1.165) is 6.42 Å². The minimum atomic E-state index is -0.378. The van der Waals surface area contributed by atoms with Crippen LogP contribution in [-0.4, -0.2) is 24.3 Å². The molecule has 3 nitrogen and oxygen atoms in total. The molecule has 0 N–H and O–H groups in total. The fourth-order valence-electron chi connectivity index (χ4n) is 1.38. The molecule has 13 heavy (non-hydrogen) atoms. The summed E-state index contributed by atoms with van der Waals surface area (Å²) in [7, 11) is 0. The van der Waals surface area contributed by atoms with Gasteiger partial charge in [-0.15, -0.1) is 0 Å². The molecular formula is C10H16O3. The maximum Gasteiger partial charge on any atom is 0.331 e. The molecule has 0 spiro atoms. The molecule has 1 aliphatic rings. The van der Waals surface area contributed by atoms with Gasteiger partial charge in [0.2, 0.25) is 0 Å². The van der Waals surface area contributed by atoms with E-state index in [1.54, 1.807) is 13.0 Å². The summed E-state index contributed by atoms with van der Waals surface area (Å²) in [6.07, 6.45) is 3.93. The van der Waals surface area contributed by atoms with Gasteiger partial charge in [-0.1, -0.05) is 13.0 Å². The van der Waals surface area contributed by atoms with Gasteiger partial charge in [-0.2, -0.15) is 0 Å². The van der Waals surface area contributed by atoms with Gasteiger partial charge in [0.05, 0.1) is 12.7 Å². The van der Waals surface area contributed by atoms with Gasteiger partial charge in [-0.3, -0.25) is 0 Å². The van der Waals surface area contributed by atoms with Crippen LogP contribution in [0.3, 0.4) is 0 Å². The average molecular weight is 184 g/mol. The molecule has 1 rings (SSSR count). The summed E-state index contributed by atoms with van der Waals surface area (Å²) in [4.78, 5) is 11.2. The normalized spacial score (nSPS) is 33.0. The SMILES string of the molecule is CC=CC(=O)OC1(CC)COC1C. The van der Waals surface area contributed by atoms with Crippen molar-refractivity contribution in [1.29, 1.82) is 0 Å². The Labute approximate surface area is 78.7 Å². The molecule has 0 saturated carbocycles. The molecule has 0 aliphatic carbocycles. The zero-order chi connectivity index (χ0) is 9.90. The topological polar surface area (TPSA) is 35.5 Å². The van der Waals surface area contributed by atoms with Gasteiger partial charge in [-0.05, 0) is 20.3 Å². The van der Waals surface area contributed by atoms with Crippen molar-refractivity contribution >= 4 is 5.97 Å². The Morgan fingerprint density at radius 2 is 2.46 bits per heavy atom. The van der Waals surface area contributed by atoms with Crippen LogP contribution in [0.2, 0.25) is 0 Å². The first kappa shape index (κ1) is 10.3. The zero-order valence-corrected chi connectivity index (χ0v) is 8.37. The molecule has 3 heteroatoms. The van der Waals surface area contributed by atoms with Crippen LogP contribution in [0.4, 0.5) is 0 Å². The fraction of sp³-hybridized carbons (Fsp3) is 0.700. The van der Waals surface area contributed by atoms with Crippen molar-refractivity contribution in [2.45, 2.75) is 38.9 Å². The van der Waals surface area contributed by atoms with Crippen molar-refractivity contribution in [3.05, 3.63) is 12.2 Å². The lowest BCUT2D eigenvalue weighted by molar-refractivity contribution is -0.245. The van der Waals surface area contributed by atoms with Gasteiger partial charge in [0.15, 0.2) is 5.60 Å². The van der Waals surface area contributed by atoms with Gasteiger partial charge < -0.3 is 9.47 Å². The van der Waals surface area contributed by atoms with Crippen molar-refractivity contribution in [3.8, 4) is 0 Å². The quantitative estimate of drug-likeness (QED) is 0.494. The van der Waals surface area contributed by atoms with Crippen molar-refractivity contribution in [1.82, 2.24) is 0 Å². The highest BCUT2D eigenvalue weighted by Crippen LogP contribution is 2.32. The molecular weight excluding hydrogens is 168 g/mol. The lowest BCUT2D eigenvalue weighted by Crippen LogP contribution is -2.58. The van der Waals surface area contributed by atoms with E-state index in [9.17, 15) is 4.79 Å². The lowest BCUT2D eigenvalue weighted by Gasteiger charge is -2.45. The van der Waals surface area contributed by atoms with Crippen LogP contribution in [0, 0.1) is 0 Å². The molecule has 0 aromatic carbocycles. The molecule has 0 radical (unpaired) electrons. The van der Waals surface area contributed by atoms with Crippen molar-refractivity contribution < 1.29 is 14.3 Å². The predicted octanol–water partition coefficient (Wildman–Crippen LogP) is 1.67. The number of hydrogen-bond donors (Lipinski definition) is 0. The Morgan fingerprint density at radius 3 is 2.77 bits per heavy atom. The van der Waals surface area contributed by atoms with Crippen LogP contribution in [0.1, 0.15) is 27.2 Å². The van der Waals surface area contributed by atoms with E-state index in [2.05, 4.69) is 0 Å². The third-order valence-electron chi connectivity index (χ3n) is 2.52. The molecule has 0 bridgehead atoms. The second-order valence-electron chi connectivity index (χ2n) is 3.29. The second-order valence-corrected chi connectivity index (χ2v) is 3.29. The Kier molecular flexibility index (Phi) is 3.09. The summed E-state index contributed by atoms with van der Waals surface area (Å²) in [6, 6.07) is 0. The monoisotopic (exact) mass is 184 g/mol. The van der Waals surface area contributed by atoms with Crippen LogP contribution < -0.4 is 0 Å². The number of esters is 1. The van der Waals surface area contributed by atoms with Gasteiger partial charge in [-0.25, -0.2) is 4.79 Å². The van der Waals surface area contributed by atoms with E-state index < -0.39 is 0 Å². The van der Waals surface area contributed by atoms with Crippen LogP contribution in [0.25, 0.3) is 0 Å². The summed E-state index contributed by atoms with van der Waals surface area (Å²) in [5.41, 5.74) is -0.378. The van der Waals surface area contributed by atoms with Crippen LogP contribution in [0.15, 0.2) is 12.2 Å². The number of carbonyl (C=O) groups excluding carboxylic acids is 1. The Morgan fingerprint density at radius 1 is 1.77 bits per heavy atom. The number of allylic oxidation sites excluding steroid dienone is 1. The number of rotatable bonds is 3. The first-order valence-corrected chi connectivity index (χ1v) is 4.62. The highest BCUT2D eigenvalue weighted by Gasteiger charge is 2.47. The van der Waals surface area contributed by atoms with Crippen LogP contribution in [-0.2, 0) is 14.3 Å². The summed E-state index contributed by atoms with van der Waals surface area (Å²) < 4.78 is 10.5. The summed E-state index contributed by atoms with van der Waals surface area (Å²) in [5, 5.41) is 0. The maximum atomic E-state index is 11.2. The molecule has 0 aromatic rings. The lowest BCUT2D eigenvalue weighted by atomic mass is 9.90. The molecule has 0 aromatic heterocycles. The third kappa shape index (κ3) is 1.91. The van der Waals surface area contributed by atoms with Gasteiger partial charge in [0, 0.05) is 6.08 Å². The van der Waals surface area contributed by atoms with Crippen molar-refractivity contribution in [2.75, 3.05) is 6.61 Å². The highest BCUT2D eigenvalue weighted by molar-refractivity contribution is 5.82. The minimum absolute atomic E-state index is 0.0201. The molecule has 1 fully saturated rings. The predicted molar refractivity (Wildman–Crippen MR) is 49.3 cm³/mol. The average Bonchev–Trinajstić information content (AvgIpc) is 2.12. The van der Waals surface area contributed by atoms with E-state index in [-0.39, 0.29) is 17.7 Å². The first-order valence-electron chi connectivity index (χ1n) is 4.62. The number of ether oxygens (including phenoxy) is 2. The standard InChI is InChI=1S/C10H16O3/c1-4-6-9(11)13-10(5-2)7-12-8(10)3/h4,6,8H,5,7H2,1-3H3. The summed E-state index contributed by atoms with van der Waals surface area (Å²) in [6.45, 7) is 6.24. The smallest absolute Gasteiger partial charge is 0.331 e. The van der Waals surface area contributed by atoms with E-state index >= 15 is 0 Å². The Bertz CT molecular complexity index is 218. The van der Waals surface area contributed by atoms with E-state index in [1.165, 1.54) is 6.08 Å². The molecule has 1 heterocycles. The van der Waals surface area contributed by atoms with Gasteiger partial charge in [0.1, 0.15) is 0 Å². The molecule has 1 aliphatic heterocycles. The molecule has 2 atom stereocenters. The fourth-order valence-corrected chi connectivity index (χ4v) is 1.38. The van der Waals surface area contributed by atoms with Gasteiger partial charge in [0.25, 0.3) is 0 Å². The largest absolute Gasteiger partial charge is 0.451 e. The zero-order valence-electron chi connectivity index (χ0n) is 8.37. The molecule has 74 valence electrons. The first-order chi connectivity index (χ1) is 6.14.